The van der Waals surface area contributed by atoms with Gasteiger partial charge in [0.25, 0.3) is 0 Å². The van der Waals surface area contributed by atoms with E-state index in [9.17, 15) is 22.4 Å². The lowest BCUT2D eigenvalue weighted by Crippen LogP contribution is -2.52. The minimum atomic E-state index is -4.88. The number of likely N-dealkylation sites (N-methyl/N-ethyl adjacent to an activating group) is 1. The van der Waals surface area contributed by atoms with Gasteiger partial charge in [0.15, 0.2) is 23.1 Å². The summed E-state index contributed by atoms with van der Waals surface area (Å²) in [5, 5.41) is 4.94. The number of nitrogens with zero attached hydrogens (tertiary/aromatic N) is 1. The number of hydrogen-bond acceptors (Lipinski definition) is 4. The summed E-state index contributed by atoms with van der Waals surface area (Å²) in [6.07, 6.45) is -2.59. The molecule has 0 spiro atoms. The van der Waals surface area contributed by atoms with Gasteiger partial charge in [-0.2, -0.15) is 13.2 Å². The molecule has 4 rings (SSSR count). The van der Waals surface area contributed by atoms with Gasteiger partial charge in [0.05, 0.1) is 25.5 Å². The van der Waals surface area contributed by atoms with Crippen molar-refractivity contribution in [2.75, 3.05) is 33.1 Å². The number of anilines is 1. The van der Waals surface area contributed by atoms with Crippen LogP contribution in [0.2, 0.25) is 0 Å². The first-order valence-corrected chi connectivity index (χ1v) is 11.6. The molecular formula is C25H28F5N3O3. The number of carbonyl (C=O) groups is 1. The molecule has 1 saturated heterocycles. The van der Waals surface area contributed by atoms with Crippen LogP contribution in [0.15, 0.2) is 30.3 Å². The van der Waals surface area contributed by atoms with E-state index in [1.54, 1.807) is 12.1 Å². The average Bonchev–Trinajstić information content (AvgIpc) is 3.16. The highest BCUT2D eigenvalue weighted by molar-refractivity contribution is 5.89. The molecule has 11 heteroatoms. The second-order valence-electron chi connectivity index (χ2n) is 9.30. The van der Waals surface area contributed by atoms with E-state index in [4.69, 9.17) is 9.47 Å². The van der Waals surface area contributed by atoms with Gasteiger partial charge in [0.2, 0.25) is 0 Å². The van der Waals surface area contributed by atoms with E-state index in [1.165, 1.54) is 14.2 Å². The number of benzene rings is 2. The van der Waals surface area contributed by atoms with Gasteiger partial charge in [0, 0.05) is 17.5 Å². The number of methoxy groups -OCH3 is 2. The van der Waals surface area contributed by atoms with Crippen LogP contribution < -0.4 is 20.1 Å². The largest absolute Gasteiger partial charge is 0.493 e. The third kappa shape index (κ3) is 4.56. The molecule has 2 aromatic rings. The van der Waals surface area contributed by atoms with Crippen molar-refractivity contribution in [3.05, 3.63) is 53.1 Å². The lowest BCUT2D eigenvalue weighted by atomic mass is 9.65. The summed E-state index contributed by atoms with van der Waals surface area (Å²) in [6.45, 7) is 0.729. The maximum absolute atomic E-state index is 15.6. The molecule has 1 heterocycles. The molecule has 2 aliphatic rings. The molecule has 0 radical (unpaired) electrons. The Balaban J connectivity index is 1.51. The minimum absolute atomic E-state index is 0.0421. The number of alkyl halides is 3. The van der Waals surface area contributed by atoms with E-state index in [2.05, 4.69) is 15.5 Å². The van der Waals surface area contributed by atoms with E-state index < -0.39 is 40.5 Å². The Bertz CT molecular complexity index is 1140. The first-order valence-electron chi connectivity index (χ1n) is 11.6. The number of amides is 2. The fourth-order valence-corrected chi connectivity index (χ4v) is 5.68. The molecule has 2 amide bonds. The van der Waals surface area contributed by atoms with Gasteiger partial charge in [-0.3, -0.25) is 0 Å². The normalized spacial score (nSPS) is 24.2. The highest BCUT2D eigenvalue weighted by Gasteiger charge is 2.52. The predicted octanol–water partition coefficient (Wildman–Crippen LogP) is 5.32. The number of rotatable bonds is 5. The van der Waals surface area contributed by atoms with Crippen molar-refractivity contribution >= 4 is 11.7 Å². The Morgan fingerprint density at radius 1 is 1.08 bits per heavy atom. The van der Waals surface area contributed by atoms with Gasteiger partial charge >= 0.3 is 12.2 Å². The number of hydrogen-bond donors (Lipinski definition) is 2. The van der Waals surface area contributed by atoms with Crippen molar-refractivity contribution in [1.82, 2.24) is 10.2 Å². The molecule has 2 fully saturated rings. The highest BCUT2D eigenvalue weighted by atomic mass is 19.4. The standard InChI is InChI=1S/C25H28F5N3O3/c1-33-12-11-24(15-7-8-18(35-2)22(36-3)21(15)27)10-9-14(13-19(24)33)31-23(34)32-17-6-4-5-16(20(17)26)25(28,29)30/h4-8,14,19H,9-13H2,1-3H3,(H2,31,32,34)/t14-,19+,24+/m1/s1. The molecule has 1 aliphatic heterocycles. The van der Waals surface area contributed by atoms with Crippen molar-refractivity contribution in [2.24, 2.45) is 0 Å². The van der Waals surface area contributed by atoms with Crippen LogP contribution in [0.4, 0.5) is 32.4 Å². The van der Waals surface area contributed by atoms with Gasteiger partial charge in [0.1, 0.15) is 0 Å². The maximum atomic E-state index is 15.6. The molecule has 0 unspecified atom stereocenters. The second-order valence-corrected chi connectivity index (χ2v) is 9.30. The maximum Gasteiger partial charge on any atom is 0.419 e. The second kappa shape index (κ2) is 9.76. The molecule has 1 aliphatic carbocycles. The van der Waals surface area contributed by atoms with Crippen molar-refractivity contribution in [3.63, 3.8) is 0 Å². The van der Waals surface area contributed by atoms with Gasteiger partial charge in [-0.25, -0.2) is 13.6 Å². The summed E-state index contributed by atoms with van der Waals surface area (Å²) in [7, 11) is 4.76. The van der Waals surface area contributed by atoms with E-state index >= 15 is 4.39 Å². The molecule has 0 bridgehead atoms. The van der Waals surface area contributed by atoms with Crippen molar-refractivity contribution in [2.45, 2.75) is 49.4 Å². The van der Waals surface area contributed by atoms with E-state index in [-0.39, 0.29) is 17.8 Å². The lowest BCUT2D eigenvalue weighted by Gasteiger charge is -2.45. The van der Waals surface area contributed by atoms with Crippen LogP contribution >= 0.6 is 0 Å². The van der Waals surface area contributed by atoms with Gasteiger partial charge in [-0.1, -0.05) is 12.1 Å². The number of ether oxygens (including phenoxy) is 2. The van der Waals surface area contributed by atoms with Crippen molar-refractivity contribution in [3.8, 4) is 11.5 Å². The molecule has 2 aromatic carbocycles. The smallest absolute Gasteiger partial charge is 0.419 e. The monoisotopic (exact) mass is 513 g/mol. The van der Waals surface area contributed by atoms with Gasteiger partial charge in [-0.05, 0) is 63.0 Å². The summed E-state index contributed by atoms with van der Waals surface area (Å²) in [6, 6.07) is 4.88. The van der Waals surface area contributed by atoms with Crippen LogP contribution in [0.1, 0.15) is 36.8 Å². The predicted molar refractivity (Wildman–Crippen MR) is 123 cm³/mol. The van der Waals surface area contributed by atoms with Crippen LogP contribution in [0.5, 0.6) is 11.5 Å². The zero-order chi connectivity index (χ0) is 26.3. The SMILES string of the molecule is COc1ccc([C@@]23CC[C@@H](NC(=O)Nc4cccc(C(F)(F)F)c4F)C[C@@H]2N(C)CC3)c(F)c1OC. The summed E-state index contributed by atoms with van der Waals surface area (Å²) < 4.78 is 79.3. The number of carbonyl (C=O) groups excluding carboxylic acids is 1. The van der Waals surface area contributed by atoms with Gasteiger partial charge < -0.3 is 25.0 Å². The first-order chi connectivity index (χ1) is 17.0. The van der Waals surface area contributed by atoms with E-state index in [0.29, 0.717) is 36.6 Å². The third-order valence-electron chi connectivity index (χ3n) is 7.44. The summed E-state index contributed by atoms with van der Waals surface area (Å²) >= 11 is 0. The average molecular weight is 514 g/mol. The van der Waals surface area contributed by atoms with E-state index in [1.807, 2.05) is 7.05 Å². The molecule has 2 N–H and O–H groups in total. The highest BCUT2D eigenvalue weighted by Crippen LogP contribution is 2.51. The molecule has 1 saturated carbocycles. The zero-order valence-electron chi connectivity index (χ0n) is 20.1. The van der Waals surface area contributed by atoms with Crippen LogP contribution in [0, 0.1) is 11.6 Å². The van der Waals surface area contributed by atoms with Crippen molar-refractivity contribution < 1.29 is 36.2 Å². The van der Waals surface area contributed by atoms with Gasteiger partial charge in [-0.15, -0.1) is 0 Å². The number of halogens is 5. The molecule has 36 heavy (non-hydrogen) atoms. The Hall–Kier alpha value is -3.08. The minimum Gasteiger partial charge on any atom is -0.493 e. The topological polar surface area (TPSA) is 62.8 Å². The van der Waals surface area contributed by atoms with Crippen molar-refractivity contribution in [1.29, 1.82) is 0 Å². The molecule has 6 nitrogen and oxygen atoms in total. The number of fused-ring (bicyclic) bond motifs is 1. The van der Waals surface area contributed by atoms with Crippen LogP contribution in [-0.2, 0) is 11.6 Å². The number of nitrogens with one attached hydrogen (secondary N) is 2. The fraction of sp³-hybridized carbons (Fsp3) is 0.480. The Morgan fingerprint density at radius 2 is 1.83 bits per heavy atom. The Morgan fingerprint density at radius 3 is 2.50 bits per heavy atom. The van der Waals surface area contributed by atoms with Crippen LogP contribution in [0.25, 0.3) is 0 Å². The lowest BCUT2D eigenvalue weighted by molar-refractivity contribution is -0.139. The fourth-order valence-electron chi connectivity index (χ4n) is 5.68. The van der Waals surface area contributed by atoms with Crippen LogP contribution in [-0.4, -0.2) is 50.8 Å². The molecular weight excluding hydrogens is 485 g/mol. The zero-order valence-corrected chi connectivity index (χ0v) is 20.1. The van der Waals surface area contributed by atoms with Crippen LogP contribution in [0.3, 0.4) is 0 Å². The molecule has 0 aromatic heterocycles. The summed E-state index contributed by atoms with van der Waals surface area (Å²) in [5.74, 6) is -1.67. The van der Waals surface area contributed by atoms with E-state index in [0.717, 1.165) is 25.1 Å². The quantitative estimate of drug-likeness (QED) is 0.532. The Labute approximate surface area is 205 Å². The Kier molecular flexibility index (Phi) is 7.05. The number of urea groups is 1. The third-order valence-corrected chi connectivity index (χ3v) is 7.44. The molecule has 3 atom stereocenters. The number of likely N-dealkylation sites (tertiary alicyclic amines) is 1. The summed E-state index contributed by atoms with van der Waals surface area (Å²) in [4.78, 5) is 14.7. The summed E-state index contributed by atoms with van der Waals surface area (Å²) in [5.41, 5.74) is -1.98. The first kappa shape index (κ1) is 26.0. The molecule has 196 valence electrons.